The van der Waals surface area contributed by atoms with Crippen molar-refractivity contribution in [3.63, 3.8) is 0 Å². The number of aliphatic imine (C=N–C) groups is 1. The lowest BCUT2D eigenvalue weighted by Gasteiger charge is -2.37. The van der Waals surface area contributed by atoms with Crippen molar-refractivity contribution in [1.29, 1.82) is 0 Å². The van der Waals surface area contributed by atoms with E-state index < -0.39 is 0 Å². The molecule has 6 heteroatoms. The number of nitrogens with one attached hydrogen (secondary N) is 1. The molecular weight excluding hydrogens is 314 g/mol. The average molecular weight is 350 g/mol. The minimum Gasteiger partial charge on any atom is -0.356 e. The molecule has 1 saturated carbocycles. The summed E-state index contributed by atoms with van der Waals surface area (Å²) in [6, 6.07) is 0. The number of carbonyl (C=O) groups is 1. The van der Waals surface area contributed by atoms with Crippen molar-refractivity contribution in [2.45, 2.75) is 44.9 Å². The Balaban J connectivity index is 1.37. The summed E-state index contributed by atoms with van der Waals surface area (Å²) < 4.78 is 0. The molecule has 142 valence electrons. The minimum atomic E-state index is 0.322. The summed E-state index contributed by atoms with van der Waals surface area (Å²) in [5.74, 6) is 2.30. The Morgan fingerprint density at radius 3 is 2.24 bits per heavy atom. The molecule has 25 heavy (non-hydrogen) atoms. The second-order valence-corrected chi connectivity index (χ2v) is 7.76. The van der Waals surface area contributed by atoms with Gasteiger partial charge in [-0.25, -0.2) is 0 Å². The zero-order chi connectivity index (χ0) is 17.5. The molecule has 0 atom stereocenters. The van der Waals surface area contributed by atoms with Crippen LogP contribution in [0.3, 0.4) is 0 Å². The molecule has 0 spiro atoms. The second kappa shape index (κ2) is 9.41. The predicted octanol–water partition coefficient (Wildman–Crippen LogP) is 1.38. The topological polar surface area (TPSA) is 51.2 Å². The maximum Gasteiger partial charge on any atom is 0.236 e. The molecule has 0 aromatic carbocycles. The van der Waals surface area contributed by atoms with Crippen LogP contribution in [0.5, 0.6) is 0 Å². The van der Waals surface area contributed by atoms with Crippen molar-refractivity contribution in [3.05, 3.63) is 0 Å². The van der Waals surface area contributed by atoms with Crippen LogP contribution in [-0.4, -0.2) is 86.0 Å². The van der Waals surface area contributed by atoms with Gasteiger partial charge in [0.1, 0.15) is 0 Å². The molecule has 1 aliphatic carbocycles. The van der Waals surface area contributed by atoms with Gasteiger partial charge in [0, 0.05) is 52.9 Å². The highest BCUT2D eigenvalue weighted by Crippen LogP contribution is 2.31. The molecule has 3 rings (SSSR count). The van der Waals surface area contributed by atoms with Gasteiger partial charge in [-0.15, -0.1) is 0 Å². The summed E-state index contributed by atoms with van der Waals surface area (Å²) in [6.07, 6.45) is 8.97. The van der Waals surface area contributed by atoms with Crippen molar-refractivity contribution in [1.82, 2.24) is 20.0 Å². The molecule has 6 nitrogen and oxygen atoms in total. The summed E-state index contributed by atoms with van der Waals surface area (Å²) in [5.41, 5.74) is 0. The van der Waals surface area contributed by atoms with E-state index in [1.165, 1.54) is 44.9 Å². The molecule has 0 aromatic heterocycles. The monoisotopic (exact) mass is 349 g/mol. The number of carbonyl (C=O) groups excluding carboxylic acids is 1. The Hall–Kier alpha value is -1.30. The average Bonchev–Trinajstić information content (AvgIpc) is 3.46. The smallest absolute Gasteiger partial charge is 0.236 e. The van der Waals surface area contributed by atoms with E-state index in [0.717, 1.165) is 57.7 Å². The van der Waals surface area contributed by atoms with E-state index in [1.54, 1.807) is 0 Å². The highest BCUT2D eigenvalue weighted by Gasteiger charge is 2.24. The van der Waals surface area contributed by atoms with Crippen LogP contribution in [0, 0.1) is 5.92 Å². The number of rotatable bonds is 5. The Labute approximate surface area is 152 Å². The van der Waals surface area contributed by atoms with Crippen molar-refractivity contribution in [3.8, 4) is 0 Å². The number of hydrogen-bond donors (Lipinski definition) is 1. The van der Waals surface area contributed by atoms with Gasteiger partial charge in [-0.3, -0.25) is 14.7 Å². The third-order valence-corrected chi connectivity index (χ3v) is 5.73. The molecule has 0 bridgehead atoms. The molecule has 0 radical (unpaired) electrons. The normalized spacial score (nSPS) is 23.5. The molecule has 3 fully saturated rings. The van der Waals surface area contributed by atoms with E-state index in [0.29, 0.717) is 12.5 Å². The lowest BCUT2D eigenvalue weighted by molar-refractivity contribution is -0.132. The van der Waals surface area contributed by atoms with Crippen LogP contribution in [0.1, 0.15) is 44.9 Å². The quantitative estimate of drug-likeness (QED) is 0.602. The van der Waals surface area contributed by atoms with E-state index in [9.17, 15) is 4.79 Å². The lowest BCUT2D eigenvalue weighted by atomic mass is 10.2. The van der Waals surface area contributed by atoms with Gasteiger partial charge in [0.15, 0.2) is 5.96 Å². The fraction of sp³-hybridized carbons (Fsp3) is 0.895. The molecule has 1 amide bonds. The maximum absolute atomic E-state index is 12.5. The maximum atomic E-state index is 12.5. The number of nitrogens with zero attached hydrogens (tertiary/aromatic N) is 4. The minimum absolute atomic E-state index is 0.322. The Morgan fingerprint density at radius 2 is 1.64 bits per heavy atom. The first-order valence-corrected chi connectivity index (χ1v) is 10.2. The predicted molar refractivity (Wildman–Crippen MR) is 102 cm³/mol. The Morgan fingerprint density at radius 1 is 0.960 bits per heavy atom. The van der Waals surface area contributed by atoms with Crippen molar-refractivity contribution in [2.24, 2.45) is 10.9 Å². The molecule has 2 saturated heterocycles. The van der Waals surface area contributed by atoms with E-state index in [-0.39, 0.29) is 0 Å². The van der Waals surface area contributed by atoms with Gasteiger partial charge < -0.3 is 15.1 Å². The molecule has 0 aromatic rings. The zero-order valence-corrected chi connectivity index (χ0v) is 15.9. The number of guanidine groups is 1. The molecular formula is C19H35N5O. The van der Waals surface area contributed by atoms with Gasteiger partial charge in [0.25, 0.3) is 0 Å². The van der Waals surface area contributed by atoms with Crippen molar-refractivity contribution >= 4 is 11.9 Å². The highest BCUT2D eigenvalue weighted by atomic mass is 16.2. The van der Waals surface area contributed by atoms with Gasteiger partial charge in [0.05, 0.1) is 6.54 Å². The van der Waals surface area contributed by atoms with Crippen LogP contribution < -0.4 is 5.32 Å². The van der Waals surface area contributed by atoms with Crippen LogP contribution >= 0.6 is 0 Å². The summed E-state index contributed by atoms with van der Waals surface area (Å²) in [5, 5.41) is 3.51. The van der Waals surface area contributed by atoms with Crippen molar-refractivity contribution in [2.75, 3.05) is 59.4 Å². The largest absolute Gasteiger partial charge is 0.356 e. The number of piperazine rings is 1. The van der Waals surface area contributed by atoms with Gasteiger partial charge in [0.2, 0.25) is 5.91 Å². The SMILES string of the molecule is CN=C(NCCC1CC1)N1CCN(CC(=O)N2CCCCCC2)CC1. The standard InChI is InChI=1S/C19H35N5O/c1-20-19(21-9-8-17-6-7-17)24-14-12-22(13-15-24)16-18(25)23-10-4-2-3-5-11-23/h17H,2-16H2,1H3,(H,20,21). The van der Waals surface area contributed by atoms with E-state index in [1.807, 2.05) is 7.05 Å². The Kier molecular flexibility index (Phi) is 6.96. The van der Waals surface area contributed by atoms with Crippen molar-refractivity contribution < 1.29 is 4.79 Å². The van der Waals surface area contributed by atoms with Gasteiger partial charge in [-0.05, 0) is 25.2 Å². The highest BCUT2D eigenvalue weighted by molar-refractivity contribution is 5.80. The molecule has 0 unspecified atom stereocenters. The first kappa shape index (κ1) is 18.5. The molecule has 2 heterocycles. The number of hydrogen-bond acceptors (Lipinski definition) is 3. The third kappa shape index (κ3) is 5.87. The first-order valence-electron chi connectivity index (χ1n) is 10.2. The summed E-state index contributed by atoms with van der Waals surface area (Å²) in [4.78, 5) is 23.7. The van der Waals surface area contributed by atoms with Crippen LogP contribution in [0.25, 0.3) is 0 Å². The Bertz CT molecular complexity index is 447. The van der Waals surface area contributed by atoms with E-state index in [4.69, 9.17) is 0 Å². The fourth-order valence-corrected chi connectivity index (χ4v) is 3.86. The summed E-state index contributed by atoms with van der Waals surface area (Å²) in [6.45, 7) is 7.33. The van der Waals surface area contributed by atoms with Crippen LogP contribution in [0.4, 0.5) is 0 Å². The van der Waals surface area contributed by atoms with Gasteiger partial charge in [-0.2, -0.15) is 0 Å². The summed E-state index contributed by atoms with van der Waals surface area (Å²) >= 11 is 0. The van der Waals surface area contributed by atoms with Crippen LogP contribution in [0.15, 0.2) is 4.99 Å². The lowest BCUT2D eigenvalue weighted by Crippen LogP contribution is -2.54. The number of amides is 1. The summed E-state index contributed by atoms with van der Waals surface area (Å²) in [7, 11) is 1.87. The second-order valence-electron chi connectivity index (χ2n) is 7.76. The molecule has 3 aliphatic rings. The molecule has 1 N–H and O–H groups in total. The van der Waals surface area contributed by atoms with E-state index >= 15 is 0 Å². The van der Waals surface area contributed by atoms with Crippen LogP contribution in [-0.2, 0) is 4.79 Å². The zero-order valence-electron chi connectivity index (χ0n) is 15.9. The first-order chi connectivity index (χ1) is 12.3. The van der Waals surface area contributed by atoms with Gasteiger partial charge >= 0.3 is 0 Å². The molecule has 2 aliphatic heterocycles. The third-order valence-electron chi connectivity index (χ3n) is 5.73. The fourth-order valence-electron chi connectivity index (χ4n) is 3.86. The van der Waals surface area contributed by atoms with E-state index in [2.05, 4.69) is 25.0 Å². The van der Waals surface area contributed by atoms with Gasteiger partial charge in [-0.1, -0.05) is 25.7 Å². The number of likely N-dealkylation sites (tertiary alicyclic amines) is 1. The van der Waals surface area contributed by atoms with Crippen LogP contribution in [0.2, 0.25) is 0 Å².